The molecule has 1 amide bonds. The van der Waals surface area contributed by atoms with E-state index in [1.165, 1.54) is 0 Å². The zero-order chi connectivity index (χ0) is 22.3. The SMILES string of the molecule is COc1ccccc1OCc1cccc(C(=O)Nc2nn(Cc3ccccc3)cc2Cl)c1. The van der Waals surface area contributed by atoms with E-state index in [1.807, 2.05) is 66.7 Å². The molecule has 4 rings (SSSR count). The third-order valence-electron chi connectivity index (χ3n) is 4.79. The van der Waals surface area contributed by atoms with E-state index in [4.69, 9.17) is 21.1 Å². The van der Waals surface area contributed by atoms with E-state index in [0.717, 1.165) is 11.1 Å². The van der Waals surface area contributed by atoms with E-state index in [-0.39, 0.29) is 5.91 Å². The highest BCUT2D eigenvalue weighted by Gasteiger charge is 2.13. The lowest BCUT2D eigenvalue weighted by Crippen LogP contribution is -2.13. The van der Waals surface area contributed by atoms with Gasteiger partial charge in [0.05, 0.1) is 13.7 Å². The number of amides is 1. The number of nitrogens with one attached hydrogen (secondary N) is 1. The number of anilines is 1. The van der Waals surface area contributed by atoms with Crippen LogP contribution in [-0.2, 0) is 13.2 Å². The Kier molecular flexibility index (Phi) is 6.72. The zero-order valence-electron chi connectivity index (χ0n) is 17.5. The fraction of sp³-hybridized carbons (Fsp3) is 0.120. The lowest BCUT2D eigenvalue weighted by Gasteiger charge is -2.11. The number of carbonyl (C=O) groups is 1. The van der Waals surface area contributed by atoms with Crippen LogP contribution in [0, 0.1) is 0 Å². The Morgan fingerprint density at radius 1 is 0.969 bits per heavy atom. The van der Waals surface area contributed by atoms with Crippen molar-refractivity contribution in [2.24, 2.45) is 0 Å². The highest BCUT2D eigenvalue weighted by molar-refractivity contribution is 6.33. The second-order valence-electron chi connectivity index (χ2n) is 7.10. The molecule has 0 aliphatic rings. The number of halogens is 1. The second-order valence-corrected chi connectivity index (χ2v) is 7.51. The van der Waals surface area contributed by atoms with Crippen molar-refractivity contribution in [2.75, 3.05) is 12.4 Å². The van der Waals surface area contributed by atoms with Crippen LogP contribution in [0.1, 0.15) is 21.5 Å². The molecule has 1 N–H and O–H groups in total. The zero-order valence-corrected chi connectivity index (χ0v) is 18.3. The Balaban J connectivity index is 1.42. The number of hydrogen-bond acceptors (Lipinski definition) is 4. The molecule has 0 atom stereocenters. The van der Waals surface area contributed by atoms with Crippen LogP contribution < -0.4 is 14.8 Å². The fourth-order valence-electron chi connectivity index (χ4n) is 3.21. The molecule has 0 saturated carbocycles. The Morgan fingerprint density at radius 3 is 2.47 bits per heavy atom. The number of nitrogens with zero attached hydrogens (tertiary/aromatic N) is 2. The molecule has 1 heterocycles. The summed E-state index contributed by atoms with van der Waals surface area (Å²) >= 11 is 6.29. The summed E-state index contributed by atoms with van der Waals surface area (Å²) in [7, 11) is 1.60. The van der Waals surface area contributed by atoms with Crippen molar-refractivity contribution in [3.63, 3.8) is 0 Å². The molecule has 4 aromatic rings. The standard InChI is InChI=1S/C25H22ClN3O3/c1-31-22-12-5-6-13-23(22)32-17-19-10-7-11-20(14-19)25(30)27-24-21(26)16-29(28-24)15-18-8-3-2-4-9-18/h2-14,16H,15,17H2,1H3,(H,27,28,30). The number of para-hydroxylation sites is 2. The minimum absolute atomic E-state index is 0.295. The van der Waals surface area contributed by atoms with Gasteiger partial charge in [0.15, 0.2) is 17.3 Å². The fourth-order valence-corrected chi connectivity index (χ4v) is 3.41. The number of rotatable bonds is 8. The minimum atomic E-state index is -0.295. The van der Waals surface area contributed by atoms with Crippen molar-refractivity contribution in [3.8, 4) is 11.5 Å². The van der Waals surface area contributed by atoms with Gasteiger partial charge in [-0.3, -0.25) is 9.48 Å². The number of aromatic nitrogens is 2. The summed E-state index contributed by atoms with van der Waals surface area (Å²) in [6, 6.07) is 24.5. The van der Waals surface area contributed by atoms with Gasteiger partial charge in [0.25, 0.3) is 5.91 Å². The summed E-state index contributed by atoms with van der Waals surface area (Å²) in [6.45, 7) is 0.861. The van der Waals surface area contributed by atoms with Crippen LogP contribution in [0.4, 0.5) is 5.82 Å². The summed E-state index contributed by atoms with van der Waals surface area (Å²) in [5.74, 6) is 1.32. The van der Waals surface area contributed by atoms with Gasteiger partial charge in [-0.15, -0.1) is 0 Å². The van der Waals surface area contributed by atoms with Gasteiger partial charge in [0.2, 0.25) is 0 Å². The summed E-state index contributed by atoms with van der Waals surface area (Å²) in [6.07, 6.45) is 1.70. The molecule has 6 nitrogen and oxygen atoms in total. The summed E-state index contributed by atoms with van der Waals surface area (Å²) < 4.78 is 12.9. The lowest BCUT2D eigenvalue weighted by atomic mass is 10.1. The van der Waals surface area contributed by atoms with Crippen molar-refractivity contribution in [1.29, 1.82) is 0 Å². The molecule has 7 heteroatoms. The quantitative estimate of drug-likeness (QED) is 0.391. The third kappa shape index (κ3) is 5.28. The molecule has 1 aromatic heterocycles. The topological polar surface area (TPSA) is 65.4 Å². The van der Waals surface area contributed by atoms with Gasteiger partial charge in [0, 0.05) is 11.8 Å². The number of ether oxygens (including phenoxy) is 2. The summed E-state index contributed by atoms with van der Waals surface area (Å²) in [5.41, 5.74) is 2.43. The normalized spacial score (nSPS) is 10.6. The van der Waals surface area contributed by atoms with Crippen LogP contribution in [-0.4, -0.2) is 22.8 Å². The molecule has 0 saturated heterocycles. The number of methoxy groups -OCH3 is 1. The molecule has 162 valence electrons. The summed E-state index contributed by atoms with van der Waals surface area (Å²) in [5, 5.41) is 7.57. The number of benzene rings is 3. The maximum Gasteiger partial charge on any atom is 0.256 e. The summed E-state index contributed by atoms with van der Waals surface area (Å²) in [4.78, 5) is 12.8. The molecule has 0 bridgehead atoms. The molecule has 0 fully saturated rings. The first-order chi connectivity index (χ1) is 15.6. The molecular weight excluding hydrogens is 426 g/mol. The maximum atomic E-state index is 12.8. The van der Waals surface area contributed by atoms with Gasteiger partial charge < -0.3 is 14.8 Å². The van der Waals surface area contributed by atoms with Gasteiger partial charge in [-0.05, 0) is 35.4 Å². The van der Waals surface area contributed by atoms with E-state index in [1.54, 1.807) is 30.1 Å². The van der Waals surface area contributed by atoms with Gasteiger partial charge in [-0.2, -0.15) is 5.10 Å². The third-order valence-corrected chi connectivity index (χ3v) is 5.07. The molecule has 0 spiro atoms. The van der Waals surface area contributed by atoms with E-state index in [9.17, 15) is 4.79 Å². The molecule has 32 heavy (non-hydrogen) atoms. The minimum Gasteiger partial charge on any atom is -0.493 e. The molecular formula is C25H22ClN3O3. The van der Waals surface area contributed by atoms with Crippen LogP contribution in [0.25, 0.3) is 0 Å². The van der Waals surface area contributed by atoms with Crippen LogP contribution in [0.2, 0.25) is 5.02 Å². The first-order valence-electron chi connectivity index (χ1n) is 10.1. The maximum absolute atomic E-state index is 12.8. The second kappa shape index (κ2) is 10.0. The van der Waals surface area contributed by atoms with Crippen LogP contribution in [0.5, 0.6) is 11.5 Å². The predicted molar refractivity (Wildman–Crippen MR) is 125 cm³/mol. The van der Waals surface area contributed by atoms with Gasteiger partial charge in [-0.1, -0.05) is 66.2 Å². The average molecular weight is 448 g/mol. The largest absolute Gasteiger partial charge is 0.493 e. The van der Waals surface area contributed by atoms with Crippen LogP contribution in [0.3, 0.4) is 0 Å². The molecule has 0 aliphatic heterocycles. The highest BCUT2D eigenvalue weighted by atomic mass is 35.5. The van der Waals surface area contributed by atoms with Crippen molar-refractivity contribution in [1.82, 2.24) is 9.78 Å². The van der Waals surface area contributed by atoms with Gasteiger partial charge in [-0.25, -0.2) is 0 Å². The Hall–Kier alpha value is -3.77. The van der Waals surface area contributed by atoms with Crippen molar-refractivity contribution in [2.45, 2.75) is 13.2 Å². The predicted octanol–water partition coefficient (Wildman–Crippen LogP) is 5.42. The van der Waals surface area contributed by atoms with Crippen molar-refractivity contribution >= 4 is 23.3 Å². The van der Waals surface area contributed by atoms with E-state index >= 15 is 0 Å². The molecule has 0 radical (unpaired) electrons. The molecule has 0 unspecified atom stereocenters. The first kappa shape index (κ1) is 21.5. The van der Waals surface area contributed by atoms with Crippen molar-refractivity contribution < 1.29 is 14.3 Å². The molecule has 0 aliphatic carbocycles. The Morgan fingerprint density at radius 2 is 1.69 bits per heavy atom. The van der Waals surface area contributed by atoms with Crippen LogP contribution in [0.15, 0.2) is 85.1 Å². The smallest absolute Gasteiger partial charge is 0.256 e. The first-order valence-corrected chi connectivity index (χ1v) is 10.4. The van der Waals surface area contributed by atoms with E-state index in [0.29, 0.717) is 41.1 Å². The average Bonchev–Trinajstić information content (AvgIpc) is 3.16. The lowest BCUT2D eigenvalue weighted by molar-refractivity contribution is 0.102. The Labute approximate surface area is 191 Å². The number of hydrogen-bond donors (Lipinski definition) is 1. The van der Waals surface area contributed by atoms with Gasteiger partial charge >= 0.3 is 0 Å². The number of carbonyl (C=O) groups excluding carboxylic acids is 1. The van der Waals surface area contributed by atoms with E-state index in [2.05, 4.69) is 10.4 Å². The molecule has 3 aromatic carbocycles. The van der Waals surface area contributed by atoms with Gasteiger partial charge in [0.1, 0.15) is 11.6 Å². The van der Waals surface area contributed by atoms with E-state index < -0.39 is 0 Å². The monoisotopic (exact) mass is 447 g/mol. The van der Waals surface area contributed by atoms with Crippen molar-refractivity contribution in [3.05, 3.63) is 107 Å². The highest BCUT2D eigenvalue weighted by Crippen LogP contribution is 2.27. The van der Waals surface area contributed by atoms with Crippen LogP contribution >= 0.6 is 11.6 Å². The Bertz CT molecular complexity index is 1210.